The molecule has 0 aliphatic heterocycles. The van der Waals surface area contributed by atoms with Gasteiger partial charge in [-0.25, -0.2) is 12.8 Å². The molecule has 9 heteroatoms. The molecule has 5 nitrogen and oxygen atoms in total. The van der Waals surface area contributed by atoms with Crippen LogP contribution < -0.4 is 5.32 Å². The number of anilines is 1. The minimum Gasteiger partial charge on any atom is -0.325 e. The number of rotatable bonds is 8. The molecular weight excluding hydrogens is 486 g/mol. The van der Waals surface area contributed by atoms with Crippen molar-refractivity contribution in [1.82, 2.24) is 4.31 Å². The van der Waals surface area contributed by atoms with Crippen LogP contribution in [0, 0.1) is 5.82 Å². The maximum atomic E-state index is 14.4. The summed E-state index contributed by atoms with van der Waals surface area (Å²) in [7, 11) is -4.17. The van der Waals surface area contributed by atoms with E-state index < -0.39 is 34.8 Å². The molecule has 0 saturated heterocycles. The van der Waals surface area contributed by atoms with Crippen LogP contribution >= 0.6 is 23.2 Å². The fourth-order valence-corrected chi connectivity index (χ4v) is 4.87. The zero-order chi connectivity index (χ0) is 24.2. The summed E-state index contributed by atoms with van der Waals surface area (Å²) in [5, 5.41) is 3.12. The highest BCUT2D eigenvalue weighted by atomic mass is 35.5. The van der Waals surface area contributed by atoms with Crippen molar-refractivity contribution in [1.29, 1.82) is 0 Å². The van der Waals surface area contributed by atoms with Crippen molar-refractivity contribution in [3.8, 4) is 0 Å². The van der Waals surface area contributed by atoms with Crippen molar-refractivity contribution in [2.75, 3.05) is 11.9 Å². The Morgan fingerprint density at radius 3 is 2.21 bits per heavy atom. The molecule has 0 radical (unpaired) electrons. The second-order valence-corrected chi connectivity index (χ2v) is 10.5. The number of sulfonamides is 1. The average molecular weight is 509 g/mol. The second-order valence-electron chi connectivity index (χ2n) is 7.75. The molecule has 1 amide bonds. The summed E-state index contributed by atoms with van der Waals surface area (Å²) in [4.78, 5) is 12.7. The van der Waals surface area contributed by atoms with Crippen LogP contribution in [0.4, 0.5) is 10.1 Å². The van der Waals surface area contributed by atoms with Crippen molar-refractivity contribution < 1.29 is 17.6 Å². The molecule has 0 atom stereocenters. The summed E-state index contributed by atoms with van der Waals surface area (Å²) in [5.74, 6) is -0.902. The van der Waals surface area contributed by atoms with Crippen LogP contribution in [0.25, 0.3) is 0 Å². The molecule has 0 fully saturated rings. The monoisotopic (exact) mass is 508 g/mol. The van der Waals surface area contributed by atoms with E-state index in [0.29, 0.717) is 16.6 Å². The van der Waals surface area contributed by atoms with Gasteiger partial charge in [-0.15, -0.1) is 0 Å². The van der Waals surface area contributed by atoms with Crippen LogP contribution in [-0.2, 0) is 21.4 Å². The van der Waals surface area contributed by atoms with Gasteiger partial charge in [0.05, 0.1) is 11.4 Å². The molecular formula is C24H23Cl2FN2O3S. The maximum absolute atomic E-state index is 14.4. The van der Waals surface area contributed by atoms with E-state index in [1.165, 1.54) is 42.5 Å². The molecule has 174 valence electrons. The molecule has 0 aliphatic carbocycles. The predicted octanol–water partition coefficient (Wildman–Crippen LogP) is 6.09. The number of nitrogens with one attached hydrogen (secondary N) is 1. The smallest absolute Gasteiger partial charge is 0.243 e. The Morgan fingerprint density at radius 2 is 1.64 bits per heavy atom. The Morgan fingerprint density at radius 1 is 1.00 bits per heavy atom. The highest BCUT2D eigenvalue weighted by Crippen LogP contribution is 2.25. The predicted molar refractivity (Wildman–Crippen MR) is 130 cm³/mol. The lowest BCUT2D eigenvalue weighted by molar-refractivity contribution is -0.116. The summed E-state index contributed by atoms with van der Waals surface area (Å²) in [6.07, 6.45) is 0. The average Bonchev–Trinajstić information content (AvgIpc) is 2.76. The van der Waals surface area contributed by atoms with Crippen LogP contribution in [0.2, 0.25) is 10.0 Å². The van der Waals surface area contributed by atoms with Gasteiger partial charge < -0.3 is 5.32 Å². The molecule has 0 bridgehead atoms. The topological polar surface area (TPSA) is 66.5 Å². The van der Waals surface area contributed by atoms with Gasteiger partial charge in [0.15, 0.2) is 0 Å². The van der Waals surface area contributed by atoms with Crippen LogP contribution in [0.5, 0.6) is 0 Å². The number of hydrogen-bond donors (Lipinski definition) is 1. The molecule has 3 rings (SSSR count). The van der Waals surface area contributed by atoms with Crippen LogP contribution in [0.15, 0.2) is 71.6 Å². The van der Waals surface area contributed by atoms with E-state index in [1.807, 2.05) is 12.1 Å². The molecule has 3 aromatic rings. The SMILES string of the molecule is CC(C)c1ccc(NC(=O)CN(Cc2c(F)cccc2Cl)S(=O)(=O)c2ccc(Cl)cc2)cc1. The zero-order valence-corrected chi connectivity index (χ0v) is 20.4. The van der Waals surface area contributed by atoms with E-state index in [2.05, 4.69) is 19.2 Å². The van der Waals surface area contributed by atoms with Crippen LogP contribution in [-0.4, -0.2) is 25.2 Å². The third-order valence-corrected chi connectivity index (χ3v) is 7.44. The molecule has 0 saturated carbocycles. The lowest BCUT2D eigenvalue weighted by Gasteiger charge is -2.23. The third kappa shape index (κ3) is 6.32. The van der Waals surface area contributed by atoms with Crippen molar-refractivity contribution in [3.63, 3.8) is 0 Å². The maximum Gasteiger partial charge on any atom is 0.243 e. The zero-order valence-electron chi connectivity index (χ0n) is 18.1. The molecule has 1 N–H and O–H groups in total. The highest BCUT2D eigenvalue weighted by Gasteiger charge is 2.28. The molecule has 0 aliphatic rings. The van der Waals surface area contributed by atoms with Gasteiger partial charge >= 0.3 is 0 Å². The van der Waals surface area contributed by atoms with Crippen molar-refractivity contribution in [2.45, 2.75) is 31.2 Å². The first-order valence-electron chi connectivity index (χ1n) is 10.2. The van der Waals surface area contributed by atoms with Gasteiger partial charge in [-0.3, -0.25) is 4.79 Å². The highest BCUT2D eigenvalue weighted by molar-refractivity contribution is 7.89. The minimum atomic E-state index is -4.17. The summed E-state index contributed by atoms with van der Waals surface area (Å²) >= 11 is 12.0. The van der Waals surface area contributed by atoms with Crippen LogP contribution in [0.1, 0.15) is 30.9 Å². The van der Waals surface area contributed by atoms with Crippen molar-refractivity contribution in [2.24, 2.45) is 0 Å². The van der Waals surface area contributed by atoms with E-state index >= 15 is 0 Å². The van der Waals surface area contributed by atoms with Gasteiger partial charge in [0.25, 0.3) is 0 Å². The van der Waals surface area contributed by atoms with E-state index in [-0.39, 0.29) is 15.5 Å². The number of amides is 1. The Bertz CT molecular complexity index is 1210. The van der Waals surface area contributed by atoms with Gasteiger partial charge in [0, 0.05) is 27.8 Å². The molecule has 0 spiro atoms. The first-order chi connectivity index (χ1) is 15.6. The fourth-order valence-electron chi connectivity index (χ4n) is 3.15. The standard InChI is InChI=1S/C24H23Cl2FN2O3S/c1-16(2)17-6-10-19(11-7-17)28-24(30)15-29(14-21-22(26)4-3-5-23(21)27)33(31,32)20-12-8-18(25)9-13-20/h3-13,16H,14-15H2,1-2H3,(H,28,30). The normalized spacial score (nSPS) is 11.7. The van der Waals surface area contributed by atoms with Crippen LogP contribution in [0.3, 0.4) is 0 Å². The lowest BCUT2D eigenvalue weighted by Crippen LogP contribution is -2.37. The number of carbonyl (C=O) groups excluding carboxylic acids is 1. The number of nitrogens with zero attached hydrogens (tertiary/aromatic N) is 1. The van der Waals surface area contributed by atoms with Crippen molar-refractivity contribution in [3.05, 3.63) is 93.7 Å². The summed E-state index contributed by atoms with van der Waals surface area (Å²) in [6, 6.07) is 16.9. The number of benzene rings is 3. The van der Waals surface area contributed by atoms with Gasteiger partial charge in [-0.05, 0) is 60.0 Å². The van der Waals surface area contributed by atoms with E-state index in [9.17, 15) is 17.6 Å². The molecule has 3 aromatic carbocycles. The van der Waals surface area contributed by atoms with Gasteiger partial charge in [-0.1, -0.05) is 55.2 Å². The minimum absolute atomic E-state index is 0.0224. The largest absolute Gasteiger partial charge is 0.325 e. The summed E-state index contributed by atoms with van der Waals surface area (Å²) in [5.41, 5.74) is 1.61. The van der Waals surface area contributed by atoms with E-state index in [0.717, 1.165) is 9.87 Å². The van der Waals surface area contributed by atoms with Gasteiger partial charge in [0.2, 0.25) is 15.9 Å². The third-order valence-electron chi connectivity index (χ3n) is 5.03. The lowest BCUT2D eigenvalue weighted by atomic mass is 10.0. The number of carbonyl (C=O) groups is 1. The quantitative estimate of drug-likeness (QED) is 0.400. The van der Waals surface area contributed by atoms with Gasteiger partial charge in [0.1, 0.15) is 5.82 Å². The van der Waals surface area contributed by atoms with E-state index in [4.69, 9.17) is 23.2 Å². The first kappa shape index (κ1) is 25.2. The van der Waals surface area contributed by atoms with Crippen molar-refractivity contribution >= 4 is 44.8 Å². The fraction of sp³-hybridized carbons (Fsp3) is 0.208. The second kappa shape index (κ2) is 10.7. The number of halogens is 3. The Balaban J connectivity index is 1.89. The Labute approximate surface area is 203 Å². The molecule has 33 heavy (non-hydrogen) atoms. The first-order valence-corrected chi connectivity index (χ1v) is 12.4. The molecule has 0 heterocycles. The summed E-state index contributed by atoms with van der Waals surface area (Å²) in [6.45, 7) is 3.15. The Hall–Kier alpha value is -2.45. The Kier molecular flexibility index (Phi) is 8.13. The summed E-state index contributed by atoms with van der Waals surface area (Å²) < 4.78 is 41.9. The number of hydrogen-bond acceptors (Lipinski definition) is 3. The molecule has 0 unspecified atom stereocenters. The van der Waals surface area contributed by atoms with Gasteiger partial charge in [-0.2, -0.15) is 4.31 Å². The molecule has 0 aromatic heterocycles. The van der Waals surface area contributed by atoms with E-state index in [1.54, 1.807) is 12.1 Å².